The number of benzene rings is 1. The summed E-state index contributed by atoms with van der Waals surface area (Å²) in [6.07, 6.45) is 8.39. The molecule has 1 amide bonds. The summed E-state index contributed by atoms with van der Waals surface area (Å²) >= 11 is 1.35. The van der Waals surface area contributed by atoms with Gasteiger partial charge in [0.1, 0.15) is 22.5 Å². The summed E-state index contributed by atoms with van der Waals surface area (Å²) in [4.78, 5) is 29.5. The van der Waals surface area contributed by atoms with Gasteiger partial charge in [-0.2, -0.15) is 0 Å². The number of aromatic nitrogens is 1. The van der Waals surface area contributed by atoms with Crippen LogP contribution in [0.5, 0.6) is 5.75 Å². The van der Waals surface area contributed by atoms with Gasteiger partial charge in [-0.25, -0.2) is 4.98 Å². The van der Waals surface area contributed by atoms with Gasteiger partial charge < -0.3 is 19.5 Å². The number of hydrogen-bond acceptors (Lipinski definition) is 7. The lowest BCUT2D eigenvalue weighted by molar-refractivity contribution is -0.113. The van der Waals surface area contributed by atoms with E-state index >= 15 is 0 Å². The lowest BCUT2D eigenvalue weighted by Crippen LogP contribution is -2.24. The third kappa shape index (κ3) is 6.53. The molecule has 1 aromatic heterocycles. The molecule has 1 atom stereocenters. The van der Waals surface area contributed by atoms with Crippen LogP contribution in [0.3, 0.4) is 0 Å². The number of carbonyl (C=O) groups is 2. The van der Waals surface area contributed by atoms with E-state index in [1.165, 1.54) is 11.3 Å². The van der Waals surface area contributed by atoms with Gasteiger partial charge in [-0.05, 0) is 36.6 Å². The molecule has 1 fully saturated rings. The second-order valence-electron chi connectivity index (χ2n) is 8.21. The molecule has 7 nitrogen and oxygen atoms in total. The first-order valence-electron chi connectivity index (χ1n) is 11.4. The molecule has 1 N–H and O–H groups in total. The second kappa shape index (κ2) is 11.7. The summed E-state index contributed by atoms with van der Waals surface area (Å²) in [7, 11) is 3.79. The quantitative estimate of drug-likeness (QED) is 0.503. The van der Waals surface area contributed by atoms with Gasteiger partial charge in [-0.1, -0.05) is 27.4 Å². The van der Waals surface area contributed by atoms with Crippen LogP contribution < -0.4 is 10.1 Å². The van der Waals surface area contributed by atoms with Gasteiger partial charge in [0.05, 0.1) is 31.1 Å². The van der Waals surface area contributed by atoms with Crippen molar-refractivity contribution < 1.29 is 23.8 Å². The van der Waals surface area contributed by atoms with E-state index in [0.29, 0.717) is 29.8 Å². The molecule has 1 unspecified atom stereocenters. The molecule has 1 aromatic carbocycles. The first-order chi connectivity index (χ1) is 16.5. The number of hydrogen-bond donors (Lipinski definition) is 1. The molecule has 2 aliphatic rings. The van der Waals surface area contributed by atoms with E-state index in [1.54, 1.807) is 13.2 Å². The summed E-state index contributed by atoms with van der Waals surface area (Å²) in [5.41, 5.74) is 1.85. The first-order valence-corrected chi connectivity index (χ1v) is 12.8. The Balaban J connectivity index is 1.37. The van der Waals surface area contributed by atoms with Crippen molar-refractivity contribution in [2.24, 2.45) is 0 Å². The average Bonchev–Trinajstić information content (AvgIpc) is 3.27. The Morgan fingerprint density at radius 1 is 1.15 bits per heavy atom. The predicted molar refractivity (Wildman–Crippen MR) is 136 cm³/mol. The Bertz CT molecular complexity index is 1090. The molecule has 0 radical (unpaired) electrons. The lowest BCUT2D eigenvalue weighted by atomic mass is 10.0. The first kappa shape index (κ1) is 24.6. The Morgan fingerprint density at radius 2 is 1.91 bits per heavy atom. The van der Waals surface area contributed by atoms with Crippen molar-refractivity contribution in [3.8, 4) is 5.75 Å². The molecular formula is C25H29N2O5PS. The van der Waals surface area contributed by atoms with Crippen LogP contribution in [0.15, 0.2) is 47.7 Å². The smallest absolute Gasteiger partial charge is 0.252 e. The highest BCUT2D eigenvalue weighted by molar-refractivity contribution is 7.41. The largest absolute Gasteiger partial charge is 0.497 e. The minimum absolute atomic E-state index is 0.188. The number of methoxy groups -OCH3 is 1. The molecule has 180 valence electrons. The number of nitrogens with zero attached hydrogens (tertiary/aromatic N) is 1. The van der Waals surface area contributed by atoms with E-state index in [-0.39, 0.29) is 23.2 Å². The molecule has 0 spiro atoms. The number of thiazole rings is 1. The number of amides is 1. The van der Waals surface area contributed by atoms with E-state index in [9.17, 15) is 9.59 Å². The maximum atomic E-state index is 12.9. The maximum absolute atomic E-state index is 12.9. The molecule has 1 aliphatic heterocycles. The van der Waals surface area contributed by atoms with Gasteiger partial charge in [0.2, 0.25) is 0 Å². The fourth-order valence-electron chi connectivity index (χ4n) is 3.86. The molecule has 2 heterocycles. The Morgan fingerprint density at radius 3 is 2.56 bits per heavy atom. The highest BCUT2D eigenvalue weighted by Gasteiger charge is 2.22. The molecule has 2 aromatic rings. The predicted octanol–water partition coefficient (Wildman–Crippen LogP) is 4.69. The topological polar surface area (TPSA) is 86.8 Å². The molecule has 0 bridgehead atoms. The number of allylic oxidation sites excluding steroid dienone is 3. The number of rotatable bonds is 9. The maximum Gasteiger partial charge on any atom is 0.252 e. The van der Waals surface area contributed by atoms with Crippen LogP contribution in [0, 0.1) is 0 Å². The van der Waals surface area contributed by atoms with E-state index in [4.69, 9.17) is 14.2 Å². The number of anilines is 1. The van der Waals surface area contributed by atoms with E-state index in [2.05, 4.69) is 19.5 Å². The van der Waals surface area contributed by atoms with Crippen LogP contribution in [0.25, 0.3) is 0 Å². The van der Waals surface area contributed by atoms with Crippen LogP contribution in [0.2, 0.25) is 0 Å². The van der Waals surface area contributed by atoms with Gasteiger partial charge in [-0.3, -0.25) is 9.59 Å². The fraction of sp³-hybridized carbons (Fsp3) is 0.400. The van der Waals surface area contributed by atoms with Gasteiger partial charge in [-0.15, -0.1) is 11.3 Å². The molecular weight excluding hydrogens is 471 g/mol. The summed E-state index contributed by atoms with van der Waals surface area (Å²) in [6, 6.07) is 7.87. The minimum Gasteiger partial charge on any atom is -0.497 e. The van der Waals surface area contributed by atoms with Crippen LogP contribution in [0.1, 0.15) is 46.7 Å². The number of nitrogens with one attached hydrogen (secondary N) is 1. The van der Waals surface area contributed by atoms with Crippen molar-refractivity contribution in [1.29, 1.82) is 0 Å². The average molecular weight is 501 g/mol. The number of carbonyl (C=O) groups excluding carboxylic acids is 2. The number of ether oxygens (including phenoxy) is 3. The molecule has 1 saturated heterocycles. The highest BCUT2D eigenvalue weighted by Crippen LogP contribution is 2.30. The van der Waals surface area contributed by atoms with Crippen LogP contribution in [-0.2, 0) is 27.1 Å². The van der Waals surface area contributed by atoms with Crippen molar-refractivity contribution in [1.82, 2.24) is 4.98 Å². The van der Waals surface area contributed by atoms with Gasteiger partial charge >= 0.3 is 0 Å². The van der Waals surface area contributed by atoms with Crippen molar-refractivity contribution >= 4 is 37.0 Å². The third-order valence-corrected chi connectivity index (χ3v) is 7.11. The van der Waals surface area contributed by atoms with Gasteiger partial charge in [0, 0.05) is 31.3 Å². The highest BCUT2D eigenvalue weighted by atomic mass is 32.1. The molecule has 9 heteroatoms. The third-order valence-electron chi connectivity index (χ3n) is 5.81. The Hall–Kier alpha value is -2.54. The molecule has 4 rings (SSSR count). The summed E-state index contributed by atoms with van der Waals surface area (Å²) in [5, 5.41) is 4.20. The van der Waals surface area contributed by atoms with Gasteiger partial charge in [0.15, 0.2) is 5.52 Å². The van der Waals surface area contributed by atoms with Crippen molar-refractivity contribution in [2.45, 2.75) is 44.6 Å². The van der Waals surface area contributed by atoms with E-state index < -0.39 is 0 Å². The van der Waals surface area contributed by atoms with Crippen molar-refractivity contribution in [2.75, 3.05) is 25.6 Å². The minimum atomic E-state index is -0.244. The van der Waals surface area contributed by atoms with E-state index in [1.807, 2.05) is 30.3 Å². The fourth-order valence-corrected chi connectivity index (χ4v) is 5.14. The Kier molecular flexibility index (Phi) is 8.48. The monoisotopic (exact) mass is 500 g/mol. The molecule has 34 heavy (non-hydrogen) atoms. The van der Waals surface area contributed by atoms with Crippen LogP contribution in [0.4, 0.5) is 5.00 Å². The van der Waals surface area contributed by atoms with Crippen LogP contribution in [-0.4, -0.2) is 42.8 Å². The number of aryl methyl sites for hydroxylation is 2. The molecule has 1 aliphatic carbocycles. The lowest BCUT2D eigenvalue weighted by Gasteiger charge is -2.25. The van der Waals surface area contributed by atoms with Gasteiger partial charge in [0.25, 0.3) is 5.91 Å². The normalized spacial score (nSPS) is 16.4. The standard InChI is InChI=1S/C25H29N2O5PS/c1-30-18-7-2-16(3-8-18)4-11-21-26-22(25(29)33)24(34-21)27-23(28)17-5-9-19(10-6-17)32-20-12-14-31-15-13-20/h2-3,5,7-9,20H,4,6,10-15,33H2,1H3,(H,27,28). The zero-order chi connectivity index (χ0) is 23.9. The van der Waals surface area contributed by atoms with Crippen LogP contribution >= 0.6 is 20.6 Å². The SMILES string of the molecule is COc1ccc(CCc2nc(C(=O)P)c(NC(=O)C3=CC=C(OC4CCOCC4)CC3)s2)cc1. The van der Waals surface area contributed by atoms with Crippen molar-refractivity contribution in [3.05, 3.63) is 64.0 Å². The Labute approximate surface area is 205 Å². The molecule has 0 saturated carbocycles. The van der Waals surface area contributed by atoms with Crippen molar-refractivity contribution in [3.63, 3.8) is 0 Å². The summed E-state index contributed by atoms with van der Waals surface area (Å²) < 4.78 is 16.6. The summed E-state index contributed by atoms with van der Waals surface area (Å²) in [5.74, 6) is 1.51. The summed E-state index contributed by atoms with van der Waals surface area (Å²) in [6.45, 7) is 1.46. The zero-order valence-corrected chi connectivity index (χ0v) is 21.1. The second-order valence-corrected chi connectivity index (χ2v) is 9.81. The van der Waals surface area contributed by atoms with E-state index in [0.717, 1.165) is 54.6 Å². The zero-order valence-electron chi connectivity index (χ0n) is 19.2.